The Bertz CT molecular complexity index is 1480. The van der Waals surface area contributed by atoms with Crippen molar-refractivity contribution in [1.29, 1.82) is 0 Å². The molecule has 4 atom stereocenters. The lowest BCUT2D eigenvalue weighted by molar-refractivity contribution is -0.0101. The van der Waals surface area contributed by atoms with E-state index in [2.05, 4.69) is 65.7 Å². The number of anilines is 1. The summed E-state index contributed by atoms with van der Waals surface area (Å²) in [7, 11) is 0. The molecule has 9 nitrogen and oxygen atoms in total. The van der Waals surface area contributed by atoms with Crippen molar-refractivity contribution in [2.24, 2.45) is 11.8 Å². The molecular weight excluding hydrogens is 502 g/mol. The highest BCUT2D eigenvalue weighted by atomic mass is 16.3. The molecule has 40 heavy (non-hydrogen) atoms. The van der Waals surface area contributed by atoms with E-state index in [9.17, 15) is 10.2 Å². The third-order valence-electron chi connectivity index (χ3n) is 9.46. The van der Waals surface area contributed by atoms with Crippen molar-refractivity contribution in [3.8, 4) is 0 Å². The van der Waals surface area contributed by atoms with Crippen molar-refractivity contribution >= 4 is 27.9 Å². The number of benzene rings is 1. The van der Waals surface area contributed by atoms with Gasteiger partial charge in [0, 0.05) is 31.1 Å². The van der Waals surface area contributed by atoms with Gasteiger partial charge in [-0.25, -0.2) is 15.0 Å². The van der Waals surface area contributed by atoms with Gasteiger partial charge < -0.3 is 30.4 Å². The molecule has 3 aromatic heterocycles. The molecule has 0 bridgehead atoms. The Morgan fingerprint density at radius 3 is 2.65 bits per heavy atom. The van der Waals surface area contributed by atoms with Crippen LogP contribution in [0.15, 0.2) is 36.8 Å². The minimum Gasteiger partial charge on any atom is -0.390 e. The van der Waals surface area contributed by atoms with Crippen LogP contribution >= 0.6 is 0 Å². The van der Waals surface area contributed by atoms with E-state index < -0.39 is 12.2 Å². The molecule has 2 fully saturated rings. The first-order chi connectivity index (χ1) is 19.1. The van der Waals surface area contributed by atoms with E-state index in [1.54, 1.807) is 0 Å². The fourth-order valence-electron chi connectivity index (χ4n) is 6.87. The summed E-state index contributed by atoms with van der Waals surface area (Å²) in [6.07, 6.45) is 6.91. The normalized spacial score (nSPS) is 27.2. The summed E-state index contributed by atoms with van der Waals surface area (Å²) in [4.78, 5) is 19.4. The number of aromatic amines is 1. The van der Waals surface area contributed by atoms with Crippen LogP contribution < -0.4 is 5.73 Å². The monoisotopic (exact) mass is 545 g/mol. The average Bonchev–Trinajstić information content (AvgIpc) is 3.58. The van der Waals surface area contributed by atoms with Gasteiger partial charge in [0.15, 0.2) is 0 Å². The highest BCUT2D eigenvalue weighted by Crippen LogP contribution is 2.40. The number of rotatable bonds is 8. The Morgan fingerprint density at radius 2 is 1.90 bits per heavy atom. The van der Waals surface area contributed by atoms with E-state index in [1.807, 2.05) is 16.8 Å². The number of aromatic nitrogens is 5. The average molecular weight is 546 g/mol. The molecule has 1 aromatic carbocycles. The SMILES string of the molecule is CCN(CC1CC(n2ccc3c(N)ncnc32)C(O)C1O)C1CC(CCc2nc3ccc(C(C)(C)C)cc3[nH]2)C1. The number of aliphatic hydroxyl groups excluding tert-OH is 2. The minimum absolute atomic E-state index is 0.00386. The molecule has 5 N–H and O–H groups in total. The maximum absolute atomic E-state index is 11.0. The van der Waals surface area contributed by atoms with E-state index in [0.29, 0.717) is 29.8 Å². The number of aryl methyl sites for hydroxylation is 1. The van der Waals surface area contributed by atoms with Crippen LogP contribution in [0.25, 0.3) is 22.1 Å². The fourth-order valence-corrected chi connectivity index (χ4v) is 6.87. The molecule has 3 heterocycles. The summed E-state index contributed by atoms with van der Waals surface area (Å²) in [5, 5.41) is 22.8. The number of aliphatic hydroxyl groups is 2. The molecule has 214 valence electrons. The minimum atomic E-state index is -0.840. The molecule has 0 radical (unpaired) electrons. The van der Waals surface area contributed by atoms with Crippen molar-refractivity contribution in [2.45, 2.75) is 89.5 Å². The third-order valence-corrected chi connectivity index (χ3v) is 9.46. The maximum atomic E-state index is 11.0. The highest BCUT2D eigenvalue weighted by Gasteiger charge is 2.44. The van der Waals surface area contributed by atoms with Crippen LogP contribution in [0, 0.1) is 11.8 Å². The summed E-state index contributed by atoms with van der Waals surface area (Å²) >= 11 is 0. The van der Waals surface area contributed by atoms with E-state index in [1.165, 1.54) is 24.7 Å². The lowest BCUT2D eigenvalue weighted by atomic mass is 9.76. The zero-order valence-electron chi connectivity index (χ0n) is 24.1. The molecule has 0 amide bonds. The first-order valence-electron chi connectivity index (χ1n) is 14.8. The second-order valence-electron chi connectivity index (χ2n) is 13.0. The first-order valence-corrected chi connectivity index (χ1v) is 14.8. The molecule has 4 unspecified atom stereocenters. The van der Waals surface area contributed by atoms with E-state index in [0.717, 1.165) is 48.2 Å². The Hall–Kier alpha value is -3.01. The lowest BCUT2D eigenvalue weighted by Crippen LogP contribution is -2.48. The molecule has 2 aliphatic carbocycles. The molecular formula is C31H43N7O2. The maximum Gasteiger partial charge on any atom is 0.145 e. The van der Waals surface area contributed by atoms with Crippen LogP contribution in [0.3, 0.4) is 0 Å². The van der Waals surface area contributed by atoms with Crippen LogP contribution in [0.1, 0.15) is 70.8 Å². The van der Waals surface area contributed by atoms with Gasteiger partial charge >= 0.3 is 0 Å². The number of imidazole rings is 1. The van der Waals surface area contributed by atoms with Gasteiger partial charge in [0.05, 0.1) is 28.6 Å². The van der Waals surface area contributed by atoms with Crippen molar-refractivity contribution in [2.75, 3.05) is 18.8 Å². The number of nitrogens with zero attached hydrogens (tertiary/aromatic N) is 5. The highest BCUT2D eigenvalue weighted by molar-refractivity contribution is 5.86. The number of nitrogens with two attached hydrogens (primary N) is 1. The Morgan fingerprint density at radius 1 is 1.10 bits per heavy atom. The van der Waals surface area contributed by atoms with E-state index in [-0.39, 0.29) is 17.4 Å². The van der Waals surface area contributed by atoms with Crippen molar-refractivity contribution in [3.63, 3.8) is 0 Å². The molecule has 2 aliphatic rings. The second kappa shape index (κ2) is 10.4. The standard InChI is InChI=1S/C31H43N7O2/c1-5-37(16-19-14-25(28(40)27(19)39)38-11-10-22-29(32)33-17-34-30(22)38)21-12-18(13-21)6-9-26-35-23-8-7-20(31(2,3)4)15-24(23)36-26/h7-8,10-11,15,17-19,21,25,27-28,39-40H,5-6,9,12-14,16H2,1-4H3,(H,35,36)(H2,32,33,34). The largest absolute Gasteiger partial charge is 0.390 e. The van der Waals surface area contributed by atoms with Gasteiger partial charge in [-0.2, -0.15) is 0 Å². The molecule has 6 rings (SSSR count). The first kappa shape index (κ1) is 27.2. The summed E-state index contributed by atoms with van der Waals surface area (Å²) in [5.74, 6) is 2.21. The van der Waals surface area contributed by atoms with E-state index >= 15 is 0 Å². The van der Waals surface area contributed by atoms with Gasteiger partial charge in [-0.15, -0.1) is 0 Å². The Kier molecular flexibility index (Phi) is 7.09. The lowest BCUT2D eigenvalue weighted by Gasteiger charge is -2.44. The van der Waals surface area contributed by atoms with Gasteiger partial charge in [0.1, 0.15) is 29.7 Å². The van der Waals surface area contributed by atoms with Gasteiger partial charge in [-0.05, 0) is 67.3 Å². The van der Waals surface area contributed by atoms with Gasteiger partial charge in [-0.3, -0.25) is 0 Å². The summed E-state index contributed by atoms with van der Waals surface area (Å²) in [6.45, 7) is 10.6. The van der Waals surface area contributed by atoms with Crippen LogP contribution in [-0.2, 0) is 11.8 Å². The third kappa shape index (κ3) is 4.99. The fraction of sp³-hybridized carbons (Fsp3) is 0.581. The summed E-state index contributed by atoms with van der Waals surface area (Å²) in [6, 6.07) is 8.75. The Balaban J connectivity index is 1.03. The predicted molar refractivity (Wildman–Crippen MR) is 158 cm³/mol. The summed E-state index contributed by atoms with van der Waals surface area (Å²) in [5.41, 5.74) is 10.3. The van der Waals surface area contributed by atoms with Crippen LogP contribution in [0.5, 0.6) is 0 Å². The number of nitrogens with one attached hydrogen (secondary N) is 1. The van der Waals surface area contributed by atoms with Gasteiger partial charge in [0.25, 0.3) is 0 Å². The molecule has 0 saturated heterocycles. The van der Waals surface area contributed by atoms with Crippen molar-refractivity contribution in [3.05, 3.63) is 48.2 Å². The van der Waals surface area contributed by atoms with E-state index in [4.69, 9.17) is 10.7 Å². The molecule has 0 spiro atoms. The van der Waals surface area contributed by atoms with Crippen molar-refractivity contribution < 1.29 is 10.2 Å². The Labute approximate surface area is 235 Å². The zero-order chi connectivity index (χ0) is 28.2. The van der Waals surface area contributed by atoms with Crippen LogP contribution in [0.2, 0.25) is 0 Å². The molecule has 0 aliphatic heterocycles. The number of fused-ring (bicyclic) bond motifs is 2. The van der Waals surface area contributed by atoms with Gasteiger partial charge in [0.2, 0.25) is 0 Å². The number of nitrogen functional groups attached to an aromatic ring is 1. The van der Waals surface area contributed by atoms with Crippen LogP contribution in [0.4, 0.5) is 5.82 Å². The quantitative estimate of drug-likeness (QED) is 0.261. The zero-order valence-corrected chi connectivity index (χ0v) is 24.1. The topological polar surface area (TPSA) is 129 Å². The van der Waals surface area contributed by atoms with Crippen LogP contribution in [-0.4, -0.2) is 71.0 Å². The number of H-pyrrole nitrogens is 1. The molecule has 4 aromatic rings. The number of hydrogen-bond acceptors (Lipinski definition) is 7. The molecule has 2 saturated carbocycles. The number of hydrogen-bond donors (Lipinski definition) is 4. The predicted octanol–water partition coefficient (Wildman–Crippen LogP) is 4.20. The smallest absolute Gasteiger partial charge is 0.145 e. The second-order valence-corrected chi connectivity index (χ2v) is 13.0. The van der Waals surface area contributed by atoms with Crippen molar-refractivity contribution in [1.82, 2.24) is 29.4 Å². The summed E-state index contributed by atoms with van der Waals surface area (Å²) < 4.78 is 1.96. The molecule has 9 heteroatoms. The van der Waals surface area contributed by atoms with Gasteiger partial charge in [-0.1, -0.05) is 33.8 Å².